The lowest BCUT2D eigenvalue weighted by molar-refractivity contribution is 1.18. The summed E-state index contributed by atoms with van der Waals surface area (Å²) in [6.07, 6.45) is 0. The highest BCUT2D eigenvalue weighted by molar-refractivity contribution is 6.18. The van der Waals surface area contributed by atoms with Crippen LogP contribution >= 0.6 is 0 Å². The van der Waals surface area contributed by atoms with Crippen molar-refractivity contribution in [3.63, 3.8) is 0 Å². The predicted octanol–water partition coefficient (Wildman–Crippen LogP) is 16.1. The van der Waals surface area contributed by atoms with Gasteiger partial charge in [0, 0.05) is 38.9 Å². The molecule has 11 aromatic rings. The van der Waals surface area contributed by atoms with Crippen LogP contribution in [0.1, 0.15) is 0 Å². The molecule has 0 fully saturated rings. The molecule has 60 heavy (non-hydrogen) atoms. The number of hydrogen-bond donors (Lipinski definition) is 0. The van der Waals surface area contributed by atoms with E-state index in [1.807, 2.05) is 0 Å². The van der Waals surface area contributed by atoms with Gasteiger partial charge in [0.15, 0.2) is 0 Å². The third-order valence-corrected chi connectivity index (χ3v) is 11.8. The van der Waals surface area contributed by atoms with E-state index in [2.05, 4.69) is 252 Å². The van der Waals surface area contributed by atoms with Crippen molar-refractivity contribution in [3.8, 4) is 50.2 Å². The maximum atomic E-state index is 2.43. The highest BCUT2D eigenvalue weighted by Gasteiger charge is 2.18. The van der Waals surface area contributed by atoms with Crippen LogP contribution in [0.25, 0.3) is 82.8 Å². The van der Waals surface area contributed by atoms with Gasteiger partial charge >= 0.3 is 0 Å². The second-order valence-electron chi connectivity index (χ2n) is 15.4. The van der Waals surface area contributed by atoms with E-state index in [0.717, 1.165) is 22.7 Å². The number of benzene rings is 10. The molecule has 0 unspecified atom stereocenters. The van der Waals surface area contributed by atoms with Gasteiger partial charge in [-0.1, -0.05) is 188 Å². The van der Waals surface area contributed by atoms with Gasteiger partial charge in [-0.3, -0.25) is 0 Å². The van der Waals surface area contributed by atoms with Gasteiger partial charge in [0.25, 0.3) is 0 Å². The van der Waals surface area contributed by atoms with Crippen molar-refractivity contribution >= 4 is 49.6 Å². The van der Waals surface area contributed by atoms with Gasteiger partial charge in [0.2, 0.25) is 0 Å². The Bertz CT molecular complexity index is 3250. The van der Waals surface area contributed by atoms with Gasteiger partial charge in [0.05, 0.1) is 11.0 Å². The normalized spacial score (nSPS) is 11.3. The molecule has 1 aromatic heterocycles. The van der Waals surface area contributed by atoms with Crippen molar-refractivity contribution in [1.82, 2.24) is 4.57 Å². The lowest BCUT2D eigenvalue weighted by Crippen LogP contribution is -2.10. The molecule has 2 heteroatoms. The van der Waals surface area contributed by atoms with Crippen LogP contribution < -0.4 is 4.90 Å². The monoisotopic (exact) mass is 764 g/mol. The lowest BCUT2D eigenvalue weighted by Gasteiger charge is -2.26. The summed E-state index contributed by atoms with van der Waals surface area (Å²) in [5.41, 5.74) is 16.4. The maximum absolute atomic E-state index is 2.43. The predicted molar refractivity (Wildman–Crippen MR) is 255 cm³/mol. The summed E-state index contributed by atoms with van der Waals surface area (Å²) in [6, 6.07) is 87.8. The first kappa shape index (κ1) is 35.2. The van der Waals surface area contributed by atoms with Crippen LogP contribution in [-0.4, -0.2) is 4.57 Å². The number of rotatable bonds is 8. The van der Waals surface area contributed by atoms with Crippen molar-refractivity contribution in [2.75, 3.05) is 4.90 Å². The Hall–Kier alpha value is -7.94. The molecule has 10 aromatic carbocycles. The maximum Gasteiger partial charge on any atom is 0.0619 e. The molecule has 0 saturated heterocycles. The fraction of sp³-hybridized carbons (Fsp3) is 0. The van der Waals surface area contributed by atoms with Crippen LogP contribution in [0.3, 0.4) is 0 Å². The minimum Gasteiger partial charge on any atom is -0.310 e. The summed E-state index contributed by atoms with van der Waals surface area (Å²) in [5, 5.41) is 5.01. The Morgan fingerprint density at radius 3 is 1.32 bits per heavy atom. The molecule has 0 atom stereocenters. The van der Waals surface area contributed by atoms with Crippen molar-refractivity contribution in [2.45, 2.75) is 0 Å². The van der Waals surface area contributed by atoms with Crippen LogP contribution in [0.4, 0.5) is 17.1 Å². The lowest BCUT2D eigenvalue weighted by atomic mass is 9.99. The number of aromatic nitrogens is 1. The van der Waals surface area contributed by atoms with Crippen LogP contribution in [0, 0.1) is 0 Å². The average molecular weight is 765 g/mol. The summed E-state index contributed by atoms with van der Waals surface area (Å²) in [4.78, 5) is 2.37. The molecule has 0 bridgehead atoms. The molecule has 1 heterocycles. The Morgan fingerprint density at radius 1 is 0.267 bits per heavy atom. The molecule has 0 aliphatic carbocycles. The number of anilines is 3. The quantitative estimate of drug-likeness (QED) is 0.150. The largest absolute Gasteiger partial charge is 0.310 e. The molecule has 0 aliphatic rings. The molecule has 0 amide bonds. The van der Waals surface area contributed by atoms with Gasteiger partial charge in [-0.2, -0.15) is 0 Å². The first-order valence-corrected chi connectivity index (χ1v) is 20.6. The minimum atomic E-state index is 1.08. The highest BCUT2D eigenvalue weighted by atomic mass is 15.1. The van der Waals surface area contributed by atoms with Crippen LogP contribution in [0.5, 0.6) is 0 Å². The summed E-state index contributed by atoms with van der Waals surface area (Å²) < 4.78 is 2.43. The van der Waals surface area contributed by atoms with Gasteiger partial charge in [-0.25, -0.2) is 0 Å². The zero-order valence-electron chi connectivity index (χ0n) is 33.0. The minimum absolute atomic E-state index is 1.08. The second kappa shape index (κ2) is 15.1. The van der Waals surface area contributed by atoms with Crippen molar-refractivity contribution < 1.29 is 0 Å². The van der Waals surface area contributed by atoms with Crippen LogP contribution in [0.2, 0.25) is 0 Å². The summed E-state index contributed by atoms with van der Waals surface area (Å²) in [6.45, 7) is 0. The fourth-order valence-corrected chi connectivity index (χ4v) is 8.80. The number of para-hydroxylation sites is 1. The number of hydrogen-bond acceptors (Lipinski definition) is 1. The van der Waals surface area contributed by atoms with E-state index in [4.69, 9.17) is 0 Å². The smallest absolute Gasteiger partial charge is 0.0619 e. The summed E-state index contributed by atoms with van der Waals surface area (Å²) >= 11 is 0. The van der Waals surface area contributed by atoms with E-state index in [1.165, 1.54) is 77.1 Å². The number of nitrogens with zero attached hydrogens (tertiary/aromatic N) is 2. The summed E-state index contributed by atoms with van der Waals surface area (Å²) in [7, 11) is 0. The Balaban J connectivity index is 0.998. The third kappa shape index (κ3) is 6.41. The second-order valence-corrected chi connectivity index (χ2v) is 15.4. The standard InChI is InChI=1S/C58H40N2/c1-3-12-41(13-4-1)43-22-24-45(25-23-43)46-30-33-50(34-31-46)59(53-18-11-17-49(40-53)47-28-26-44(27-29-47)42-14-5-2-6-15-42)51-35-37-52(38-36-51)60-57-21-10-9-20-55(57)56-39-32-48-16-7-8-19-54(48)58(56)60/h1-40H. The van der Waals surface area contributed by atoms with E-state index in [0.29, 0.717) is 0 Å². The molecule has 0 aliphatic heterocycles. The average Bonchev–Trinajstić information content (AvgIpc) is 3.68. The fourth-order valence-electron chi connectivity index (χ4n) is 8.80. The van der Waals surface area contributed by atoms with Crippen LogP contribution in [0.15, 0.2) is 243 Å². The Kier molecular flexibility index (Phi) is 8.87. The first-order valence-electron chi connectivity index (χ1n) is 20.6. The molecular weight excluding hydrogens is 725 g/mol. The zero-order valence-corrected chi connectivity index (χ0v) is 33.0. The van der Waals surface area contributed by atoms with Gasteiger partial charge in [-0.15, -0.1) is 0 Å². The zero-order chi connectivity index (χ0) is 39.8. The van der Waals surface area contributed by atoms with E-state index in [-0.39, 0.29) is 0 Å². The molecule has 0 N–H and O–H groups in total. The number of fused-ring (bicyclic) bond motifs is 5. The molecule has 11 rings (SSSR count). The Morgan fingerprint density at radius 2 is 0.717 bits per heavy atom. The third-order valence-electron chi connectivity index (χ3n) is 11.8. The van der Waals surface area contributed by atoms with Crippen molar-refractivity contribution in [3.05, 3.63) is 243 Å². The SMILES string of the molecule is c1ccc(-c2ccc(-c3ccc(N(c4ccc(-n5c6ccccc6c6ccc7ccccc7c65)cc4)c4cccc(-c5ccc(-c6ccccc6)cc5)c4)cc3)cc2)cc1. The van der Waals surface area contributed by atoms with Gasteiger partial charge in [-0.05, 0) is 104 Å². The van der Waals surface area contributed by atoms with E-state index in [1.54, 1.807) is 0 Å². The van der Waals surface area contributed by atoms with E-state index < -0.39 is 0 Å². The van der Waals surface area contributed by atoms with Gasteiger partial charge in [0.1, 0.15) is 0 Å². The van der Waals surface area contributed by atoms with Crippen LogP contribution in [-0.2, 0) is 0 Å². The Labute approximate surface area is 350 Å². The van der Waals surface area contributed by atoms with Crippen molar-refractivity contribution in [1.29, 1.82) is 0 Å². The highest BCUT2D eigenvalue weighted by Crippen LogP contribution is 2.41. The molecule has 282 valence electrons. The molecule has 0 saturated carbocycles. The molecule has 0 radical (unpaired) electrons. The first-order chi connectivity index (χ1) is 29.7. The van der Waals surface area contributed by atoms with E-state index in [9.17, 15) is 0 Å². The molecule has 2 nitrogen and oxygen atoms in total. The van der Waals surface area contributed by atoms with Gasteiger partial charge < -0.3 is 9.47 Å². The van der Waals surface area contributed by atoms with E-state index >= 15 is 0 Å². The topological polar surface area (TPSA) is 8.17 Å². The summed E-state index contributed by atoms with van der Waals surface area (Å²) in [5.74, 6) is 0. The van der Waals surface area contributed by atoms with Crippen molar-refractivity contribution in [2.24, 2.45) is 0 Å². The molecule has 0 spiro atoms. The molecular formula is C58H40N2.